The Labute approximate surface area is 116 Å². The molecule has 104 valence electrons. The Balaban J connectivity index is 1.83. The van der Waals surface area contributed by atoms with Crippen LogP contribution in [0.15, 0.2) is 16.5 Å². The zero-order valence-electron chi connectivity index (χ0n) is 10.5. The lowest BCUT2D eigenvalue weighted by molar-refractivity contribution is -0.137. The number of aliphatic carboxylic acids is 1. The number of nitrogens with zero attached hydrogens (tertiary/aromatic N) is 1. The Kier molecular flexibility index (Phi) is 4.47. The Bertz CT molecular complexity index is 463. The first-order chi connectivity index (χ1) is 9.06. The number of carbonyl (C=O) groups is 2. The van der Waals surface area contributed by atoms with Gasteiger partial charge in [-0.3, -0.25) is 9.59 Å². The van der Waals surface area contributed by atoms with E-state index < -0.39 is 5.97 Å². The molecule has 5 nitrogen and oxygen atoms in total. The lowest BCUT2D eigenvalue weighted by Gasteiger charge is -2.31. The van der Waals surface area contributed by atoms with E-state index >= 15 is 0 Å². The van der Waals surface area contributed by atoms with Gasteiger partial charge in [-0.1, -0.05) is 0 Å². The predicted molar refractivity (Wildman–Crippen MR) is 69.2 cm³/mol. The van der Waals surface area contributed by atoms with Gasteiger partial charge < -0.3 is 14.4 Å². The molecular weight excluding hydrogens is 270 g/mol. The van der Waals surface area contributed by atoms with Crippen molar-refractivity contribution < 1.29 is 19.1 Å². The molecule has 1 N–H and O–H groups in total. The number of carboxylic acids is 1. The lowest BCUT2D eigenvalue weighted by Crippen LogP contribution is -2.38. The van der Waals surface area contributed by atoms with Crippen LogP contribution in [0.25, 0.3) is 0 Å². The predicted octanol–water partition coefficient (Wildman–Crippen LogP) is 2.65. The fourth-order valence-corrected chi connectivity index (χ4v) is 2.48. The van der Waals surface area contributed by atoms with Gasteiger partial charge in [0, 0.05) is 19.5 Å². The highest BCUT2D eigenvalue weighted by molar-refractivity contribution is 6.29. The van der Waals surface area contributed by atoms with Gasteiger partial charge in [-0.05, 0) is 48.9 Å². The van der Waals surface area contributed by atoms with Gasteiger partial charge in [-0.15, -0.1) is 0 Å². The summed E-state index contributed by atoms with van der Waals surface area (Å²) >= 11 is 5.64. The number of carbonyl (C=O) groups excluding carboxylic acids is 1. The molecule has 1 aromatic heterocycles. The molecule has 1 saturated heterocycles. The average molecular weight is 286 g/mol. The fourth-order valence-electron chi connectivity index (χ4n) is 2.34. The molecule has 0 unspecified atom stereocenters. The van der Waals surface area contributed by atoms with Gasteiger partial charge in [-0.2, -0.15) is 0 Å². The first-order valence-corrected chi connectivity index (χ1v) is 6.70. The third-order valence-corrected chi connectivity index (χ3v) is 3.66. The highest BCUT2D eigenvalue weighted by Crippen LogP contribution is 2.24. The molecule has 2 rings (SSSR count). The summed E-state index contributed by atoms with van der Waals surface area (Å²) in [5.41, 5.74) is 0. The molecule has 0 spiro atoms. The summed E-state index contributed by atoms with van der Waals surface area (Å²) < 4.78 is 5.10. The van der Waals surface area contributed by atoms with Crippen LogP contribution in [-0.2, 0) is 4.79 Å². The minimum absolute atomic E-state index is 0.149. The third kappa shape index (κ3) is 3.73. The third-order valence-electron chi connectivity index (χ3n) is 3.45. The van der Waals surface area contributed by atoms with Crippen LogP contribution in [0.2, 0.25) is 5.22 Å². The molecule has 0 radical (unpaired) electrons. The van der Waals surface area contributed by atoms with Crippen molar-refractivity contribution in [1.82, 2.24) is 4.90 Å². The number of furan rings is 1. The van der Waals surface area contributed by atoms with Crippen molar-refractivity contribution in [2.24, 2.45) is 5.92 Å². The molecule has 2 heterocycles. The maximum atomic E-state index is 12.1. The number of hydrogen-bond donors (Lipinski definition) is 1. The number of amides is 1. The van der Waals surface area contributed by atoms with Gasteiger partial charge in [0.15, 0.2) is 11.0 Å². The number of carboxylic acid groups (broad SMARTS) is 1. The highest BCUT2D eigenvalue weighted by Gasteiger charge is 2.25. The van der Waals surface area contributed by atoms with Crippen LogP contribution in [0.5, 0.6) is 0 Å². The van der Waals surface area contributed by atoms with E-state index in [-0.39, 0.29) is 23.3 Å². The van der Waals surface area contributed by atoms with Crippen molar-refractivity contribution in [3.63, 3.8) is 0 Å². The van der Waals surface area contributed by atoms with E-state index in [1.807, 2.05) is 0 Å². The van der Waals surface area contributed by atoms with E-state index in [4.69, 9.17) is 21.1 Å². The summed E-state index contributed by atoms with van der Waals surface area (Å²) in [6, 6.07) is 3.12. The summed E-state index contributed by atoms with van der Waals surface area (Å²) in [6.07, 6.45) is 2.57. The molecule has 1 aliphatic heterocycles. The first-order valence-electron chi connectivity index (χ1n) is 6.32. The van der Waals surface area contributed by atoms with Crippen LogP contribution in [0, 0.1) is 5.92 Å². The number of likely N-dealkylation sites (tertiary alicyclic amines) is 1. The van der Waals surface area contributed by atoms with Crippen molar-refractivity contribution in [1.29, 1.82) is 0 Å². The Morgan fingerprint density at radius 3 is 2.58 bits per heavy atom. The van der Waals surface area contributed by atoms with E-state index in [9.17, 15) is 9.59 Å². The molecule has 0 aromatic carbocycles. The molecule has 6 heteroatoms. The van der Waals surface area contributed by atoms with Gasteiger partial charge in [0.2, 0.25) is 0 Å². The molecule has 0 bridgehead atoms. The molecule has 1 amide bonds. The number of hydrogen-bond acceptors (Lipinski definition) is 3. The minimum atomic E-state index is -0.760. The first kappa shape index (κ1) is 13.9. The molecular formula is C13H16ClNO4. The van der Waals surface area contributed by atoms with Gasteiger partial charge in [0.25, 0.3) is 5.91 Å². The zero-order chi connectivity index (χ0) is 13.8. The van der Waals surface area contributed by atoms with E-state index in [0.717, 1.165) is 12.8 Å². The number of rotatable bonds is 4. The molecule has 0 saturated carbocycles. The van der Waals surface area contributed by atoms with Crippen molar-refractivity contribution in [3.05, 3.63) is 23.1 Å². The van der Waals surface area contributed by atoms with Crippen molar-refractivity contribution >= 4 is 23.5 Å². The smallest absolute Gasteiger partial charge is 0.303 e. The summed E-state index contributed by atoms with van der Waals surface area (Å²) in [7, 11) is 0. The SMILES string of the molecule is O=C(O)CCC1CCN(C(=O)c2ccc(Cl)o2)CC1. The number of halogens is 1. The minimum Gasteiger partial charge on any atom is -0.481 e. The Morgan fingerprint density at radius 2 is 2.05 bits per heavy atom. The average Bonchev–Trinajstić information content (AvgIpc) is 2.83. The van der Waals surface area contributed by atoms with E-state index in [1.165, 1.54) is 0 Å². The van der Waals surface area contributed by atoms with Crippen LogP contribution in [-0.4, -0.2) is 35.0 Å². The maximum absolute atomic E-state index is 12.1. The van der Waals surface area contributed by atoms with Crippen molar-refractivity contribution in [2.75, 3.05) is 13.1 Å². The van der Waals surface area contributed by atoms with Gasteiger partial charge in [-0.25, -0.2) is 0 Å². The van der Waals surface area contributed by atoms with Crippen LogP contribution in [0.1, 0.15) is 36.2 Å². The molecule has 1 aliphatic rings. The van der Waals surface area contributed by atoms with Crippen LogP contribution in [0.4, 0.5) is 0 Å². The Hall–Kier alpha value is -1.49. The van der Waals surface area contributed by atoms with Crippen molar-refractivity contribution in [2.45, 2.75) is 25.7 Å². The van der Waals surface area contributed by atoms with Crippen LogP contribution >= 0.6 is 11.6 Å². The fraction of sp³-hybridized carbons (Fsp3) is 0.538. The van der Waals surface area contributed by atoms with Crippen LogP contribution in [0.3, 0.4) is 0 Å². The van der Waals surface area contributed by atoms with E-state index in [2.05, 4.69) is 0 Å². The normalized spacial score (nSPS) is 16.6. The largest absolute Gasteiger partial charge is 0.481 e. The summed E-state index contributed by atoms with van der Waals surface area (Å²) in [4.78, 5) is 24.3. The maximum Gasteiger partial charge on any atom is 0.303 e. The monoisotopic (exact) mass is 285 g/mol. The van der Waals surface area contributed by atoms with E-state index in [1.54, 1.807) is 17.0 Å². The summed E-state index contributed by atoms with van der Waals surface area (Å²) in [6.45, 7) is 1.28. The second-order valence-electron chi connectivity index (χ2n) is 4.77. The molecule has 1 aromatic rings. The topological polar surface area (TPSA) is 70.8 Å². The second-order valence-corrected chi connectivity index (χ2v) is 5.14. The van der Waals surface area contributed by atoms with Gasteiger partial charge in [0.1, 0.15) is 0 Å². The summed E-state index contributed by atoms with van der Waals surface area (Å²) in [5.74, 6) is -0.262. The molecule has 0 atom stereocenters. The molecule has 0 aliphatic carbocycles. The van der Waals surface area contributed by atoms with Gasteiger partial charge in [0.05, 0.1) is 0 Å². The standard InChI is InChI=1S/C13H16ClNO4/c14-11-3-2-10(19-11)13(18)15-7-5-9(6-8-15)1-4-12(16)17/h2-3,9H,1,4-8H2,(H,16,17). The number of piperidine rings is 1. The van der Waals surface area contributed by atoms with Gasteiger partial charge >= 0.3 is 5.97 Å². The quantitative estimate of drug-likeness (QED) is 0.923. The zero-order valence-corrected chi connectivity index (χ0v) is 11.2. The second kappa shape index (κ2) is 6.10. The van der Waals surface area contributed by atoms with Crippen molar-refractivity contribution in [3.8, 4) is 0 Å². The van der Waals surface area contributed by atoms with E-state index in [0.29, 0.717) is 25.4 Å². The summed E-state index contributed by atoms with van der Waals surface area (Å²) in [5, 5.41) is 8.85. The van der Waals surface area contributed by atoms with Crippen LogP contribution < -0.4 is 0 Å². The highest BCUT2D eigenvalue weighted by atomic mass is 35.5. The molecule has 1 fully saturated rings. The Morgan fingerprint density at radius 1 is 1.37 bits per heavy atom. The molecule has 19 heavy (non-hydrogen) atoms. The lowest BCUT2D eigenvalue weighted by atomic mass is 9.92.